The van der Waals surface area contributed by atoms with E-state index in [1.165, 1.54) is 6.42 Å². The zero-order valence-electron chi connectivity index (χ0n) is 14.5. The number of methoxy groups -OCH3 is 1. The molecule has 1 saturated heterocycles. The first-order chi connectivity index (χ1) is 11.7. The van der Waals surface area contributed by atoms with Crippen molar-refractivity contribution in [2.75, 3.05) is 26.8 Å². The Kier molecular flexibility index (Phi) is 5.53. The van der Waals surface area contributed by atoms with Crippen molar-refractivity contribution in [3.05, 3.63) is 40.2 Å². The largest absolute Gasteiger partial charge is 0.497 e. The van der Waals surface area contributed by atoms with Crippen molar-refractivity contribution < 1.29 is 9.47 Å². The molecule has 2 heterocycles. The third-order valence-corrected chi connectivity index (χ3v) is 4.71. The van der Waals surface area contributed by atoms with Gasteiger partial charge in [0.2, 0.25) is 0 Å². The van der Waals surface area contributed by atoms with Crippen LogP contribution in [0.5, 0.6) is 5.75 Å². The second kappa shape index (κ2) is 7.81. The highest BCUT2D eigenvalue weighted by Crippen LogP contribution is 2.19. The van der Waals surface area contributed by atoms with Crippen LogP contribution in [-0.4, -0.2) is 42.8 Å². The number of nitrogens with one attached hydrogen (secondary N) is 1. The van der Waals surface area contributed by atoms with Gasteiger partial charge in [-0.1, -0.05) is 6.92 Å². The third kappa shape index (κ3) is 3.97. The highest BCUT2D eigenvalue weighted by Gasteiger charge is 2.18. The normalized spacial score (nSPS) is 18.2. The maximum Gasteiger partial charge on any atom is 0.252 e. The molecule has 5 nitrogen and oxygen atoms in total. The van der Waals surface area contributed by atoms with Crippen molar-refractivity contribution in [3.8, 4) is 5.75 Å². The number of ether oxygens (including phenoxy) is 2. The van der Waals surface area contributed by atoms with E-state index in [9.17, 15) is 4.79 Å². The first-order valence-electron chi connectivity index (χ1n) is 8.73. The number of aromatic nitrogens is 1. The smallest absolute Gasteiger partial charge is 0.252 e. The van der Waals surface area contributed by atoms with Gasteiger partial charge in [-0.15, -0.1) is 0 Å². The lowest BCUT2D eigenvalue weighted by Gasteiger charge is -2.29. The van der Waals surface area contributed by atoms with Crippen LogP contribution in [0.25, 0.3) is 10.9 Å². The average Bonchev–Trinajstić information content (AvgIpc) is 2.62. The van der Waals surface area contributed by atoms with E-state index in [1.807, 2.05) is 24.3 Å². The summed E-state index contributed by atoms with van der Waals surface area (Å²) >= 11 is 0. The number of benzene rings is 1. The van der Waals surface area contributed by atoms with E-state index < -0.39 is 0 Å². The maximum absolute atomic E-state index is 12.4. The van der Waals surface area contributed by atoms with Crippen LogP contribution < -0.4 is 10.3 Å². The summed E-state index contributed by atoms with van der Waals surface area (Å²) in [5.74, 6) is 0.746. The van der Waals surface area contributed by atoms with Crippen molar-refractivity contribution in [1.29, 1.82) is 0 Å². The predicted molar refractivity (Wildman–Crippen MR) is 95.7 cm³/mol. The molecule has 0 amide bonds. The number of H-pyrrole nitrogens is 1. The second-order valence-corrected chi connectivity index (χ2v) is 6.39. The summed E-state index contributed by atoms with van der Waals surface area (Å²) in [7, 11) is 1.63. The quantitative estimate of drug-likeness (QED) is 0.885. The summed E-state index contributed by atoms with van der Waals surface area (Å²) in [6.07, 6.45) is 3.81. The number of hydrogen-bond acceptors (Lipinski definition) is 4. The van der Waals surface area contributed by atoms with Gasteiger partial charge in [0.25, 0.3) is 5.56 Å². The van der Waals surface area contributed by atoms with E-state index in [0.717, 1.165) is 54.8 Å². The van der Waals surface area contributed by atoms with Gasteiger partial charge in [-0.25, -0.2) is 0 Å². The van der Waals surface area contributed by atoms with Crippen LogP contribution >= 0.6 is 0 Å². The fraction of sp³-hybridized carbons (Fsp3) is 0.526. The van der Waals surface area contributed by atoms with Crippen molar-refractivity contribution in [3.63, 3.8) is 0 Å². The molecule has 24 heavy (non-hydrogen) atoms. The number of rotatable bonds is 6. The molecule has 1 aliphatic heterocycles. The van der Waals surface area contributed by atoms with Crippen molar-refractivity contribution in [2.45, 2.75) is 38.8 Å². The zero-order chi connectivity index (χ0) is 16.9. The van der Waals surface area contributed by atoms with Crippen molar-refractivity contribution in [2.24, 2.45) is 0 Å². The van der Waals surface area contributed by atoms with Gasteiger partial charge in [-0.3, -0.25) is 9.69 Å². The van der Waals surface area contributed by atoms with Gasteiger partial charge in [0.05, 0.1) is 18.7 Å². The van der Waals surface area contributed by atoms with Gasteiger partial charge >= 0.3 is 0 Å². The molecule has 1 aromatic carbocycles. The van der Waals surface area contributed by atoms with E-state index in [4.69, 9.17) is 9.47 Å². The Morgan fingerprint density at radius 1 is 1.33 bits per heavy atom. The second-order valence-electron chi connectivity index (χ2n) is 6.39. The monoisotopic (exact) mass is 330 g/mol. The number of fused-ring (bicyclic) bond motifs is 1. The minimum Gasteiger partial charge on any atom is -0.497 e. The lowest BCUT2D eigenvalue weighted by Crippen LogP contribution is -2.36. The number of pyridine rings is 1. The summed E-state index contributed by atoms with van der Waals surface area (Å²) in [4.78, 5) is 17.7. The Morgan fingerprint density at radius 3 is 2.92 bits per heavy atom. The lowest BCUT2D eigenvalue weighted by atomic mass is 10.1. The van der Waals surface area contributed by atoms with Crippen LogP contribution in [0.3, 0.4) is 0 Å². The first kappa shape index (κ1) is 17.0. The molecule has 5 heteroatoms. The minimum atomic E-state index is -0.0289. The summed E-state index contributed by atoms with van der Waals surface area (Å²) < 4.78 is 11.0. The Labute approximate surface area is 142 Å². The summed E-state index contributed by atoms with van der Waals surface area (Å²) in [6.45, 7) is 5.42. The summed E-state index contributed by atoms with van der Waals surface area (Å²) in [5, 5.41) is 1.02. The van der Waals surface area contributed by atoms with Crippen LogP contribution in [0.1, 0.15) is 31.7 Å². The molecule has 0 aliphatic carbocycles. The van der Waals surface area contributed by atoms with Crippen LogP contribution in [0.2, 0.25) is 0 Å². The molecule has 0 radical (unpaired) electrons. The molecule has 1 fully saturated rings. The fourth-order valence-corrected chi connectivity index (χ4v) is 3.26. The Hall–Kier alpha value is -1.85. The van der Waals surface area contributed by atoms with Crippen LogP contribution in [-0.2, 0) is 11.3 Å². The van der Waals surface area contributed by atoms with Crippen LogP contribution in [0, 0.1) is 0 Å². The summed E-state index contributed by atoms with van der Waals surface area (Å²) in [5.41, 5.74) is 1.57. The predicted octanol–water partition coefficient (Wildman–Crippen LogP) is 2.93. The molecule has 0 unspecified atom stereocenters. The molecule has 3 rings (SSSR count). The van der Waals surface area contributed by atoms with E-state index in [1.54, 1.807) is 7.11 Å². The highest BCUT2D eigenvalue weighted by molar-refractivity contribution is 5.80. The number of aromatic amines is 1. The standard InChI is InChI=1S/C19H26N2O3/c1-3-21(13-17-6-4-5-9-24-17)12-15-10-14-7-8-16(23-2)11-18(14)20-19(15)22/h7-8,10-11,17H,3-6,9,12-13H2,1-2H3,(H,20,22)/t17-/m0/s1. The molecule has 1 N–H and O–H groups in total. The topological polar surface area (TPSA) is 54.6 Å². The SMILES string of the molecule is CCN(Cc1cc2ccc(OC)cc2[nH]c1=O)C[C@@H]1CCCCO1. The zero-order valence-corrected chi connectivity index (χ0v) is 14.5. The van der Waals surface area contributed by atoms with E-state index >= 15 is 0 Å². The summed E-state index contributed by atoms with van der Waals surface area (Å²) in [6, 6.07) is 7.73. The molecule has 1 aromatic heterocycles. The Balaban J connectivity index is 1.77. The molecule has 1 aliphatic rings. The van der Waals surface area contributed by atoms with Gasteiger partial charge < -0.3 is 14.5 Å². The first-order valence-corrected chi connectivity index (χ1v) is 8.73. The molecule has 1 atom stereocenters. The molecule has 0 spiro atoms. The maximum atomic E-state index is 12.4. The van der Waals surface area contributed by atoms with Crippen LogP contribution in [0.15, 0.2) is 29.1 Å². The van der Waals surface area contributed by atoms with E-state index in [0.29, 0.717) is 12.6 Å². The van der Waals surface area contributed by atoms with Gasteiger partial charge in [-0.2, -0.15) is 0 Å². The number of likely N-dealkylation sites (N-methyl/N-ethyl adjacent to an activating group) is 1. The van der Waals surface area contributed by atoms with Gasteiger partial charge in [0, 0.05) is 31.3 Å². The van der Waals surface area contributed by atoms with E-state index in [2.05, 4.69) is 16.8 Å². The highest BCUT2D eigenvalue weighted by atomic mass is 16.5. The molecular formula is C19H26N2O3. The fourth-order valence-electron chi connectivity index (χ4n) is 3.26. The Bertz CT molecular complexity index is 735. The minimum absolute atomic E-state index is 0.0289. The molecular weight excluding hydrogens is 304 g/mol. The molecule has 2 aromatic rings. The van der Waals surface area contributed by atoms with Crippen LogP contribution in [0.4, 0.5) is 0 Å². The lowest BCUT2D eigenvalue weighted by molar-refractivity contribution is -0.00629. The van der Waals surface area contributed by atoms with Gasteiger partial charge in [-0.05, 0) is 49.4 Å². The van der Waals surface area contributed by atoms with Crippen molar-refractivity contribution in [1.82, 2.24) is 9.88 Å². The third-order valence-electron chi connectivity index (χ3n) is 4.71. The number of hydrogen-bond donors (Lipinski definition) is 1. The Morgan fingerprint density at radius 2 is 2.21 bits per heavy atom. The van der Waals surface area contributed by atoms with Gasteiger partial charge in [0.15, 0.2) is 0 Å². The van der Waals surface area contributed by atoms with Gasteiger partial charge in [0.1, 0.15) is 5.75 Å². The molecule has 0 saturated carbocycles. The average molecular weight is 330 g/mol. The molecule has 0 bridgehead atoms. The number of nitrogens with zero attached hydrogens (tertiary/aromatic N) is 1. The van der Waals surface area contributed by atoms with Crippen molar-refractivity contribution >= 4 is 10.9 Å². The molecule has 130 valence electrons. The van der Waals surface area contributed by atoms with E-state index in [-0.39, 0.29) is 5.56 Å².